The van der Waals surface area contributed by atoms with Crippen molar-refractivity contribution in [3.8, 4) is 23.0 Å². The van der Waals surface area contributed by atoms with Crippen molar-refractivity contribution in [3.63, 3.8) is 0 Å². The Bertz CT molecular complexity index is 621. The maximum absolute atomic E-state index is 10.7. The van der Waals surface area contributed by atoms with Gasteiger partial charge in [-0.1, -0.05) is 24.3 Å². The van der Waals surface area contributed by atoms with Gasteiger partial charge in [-0.25, -0.2) is 0 Å². The van der Waals surface area contributed by atoms with E-state index in [2.05, 4.69) is 0 Å². The van der Waals surface area contributed by atoms with E-state index in [4.69, 9.17) is 14.6 Å². The van der Waals surface area contributed by atoms with E-state index in [1.165, 1.54) is 7.11 Å². The zero-order chi connectivity index (χ0) is 14.5. The Labute approximate surface area is 116 Å². The van der Waals surface area contributed by atoms with Crippen LogP contribution in [0.1, 0.15) is 5.56 Å². The second-order valence-electron chi connectivity index (χ2n) is 4.09. The molecule has 2 N–H and O–H groups in total. The summed E-state index contributed by atoms with van der Waals surface area (Å²) in [4.78, 5) is 10.7. The van der Waals surface area contributed by atoms with Crippen molar-refractivity contribution >= 4 is 5.97 Å². The molecule has 2 aromatic carbocycles. The molecule has 0 aliphatic carbocycles. The predicted molar refractivity (Wildman–Crippen MR) is 72.5 cm³/mol. The van der Waals surface area contributed by atoms with Gasteiger partial charge in [0.25, 0.3) is 0 Å². The van der Waals surface area contributed by atoms with Crippen LogP contribution < -0.4 is 9.47 Å². The van der Waals surface area contributed by atoms with Crippen LogP contribution in [0.2, 0.25) is 0 Å². The van der Waals surface area contributed by atoms with Crippen LogP contribution in [0, 0.1) is 0 Å². The van der Waals surface area contributed by atoms with Crippen LogP contribution in [-0.4, -0.2) is 23.3 Å². The number of benzene rings is 2. The molecule has 0 fully saturated rings. The predicted octanol–water partition coefficient (Wildman–Crippen LogP) is 2.82. The monoisotopic (exact) mass is 274 g/mol. The van der Waals surface area contributed by atoms with E-state index >= 15 is 0 Å². The highest BCUT2D eigenvalue weighted by Crippen LogP contribution is 2.37. The van der Waals surface area contributed by atoms with Gasteiger partial charge >= 0.3 is 5.97 Å². The molecule has 0 saturated carbocycles. The fourth-order valence-corrected chi connectivity index (χ4v) is 1.78. The van der Waals surface area contributed by atoms with Gasteiger partial charge in [0.15, 0.2) is 23.0 Å². The van der Waals surface area contributed by atoms with Crippen LogP contribution in [0.4, 0.5) is 0 Å². The van der Waals surface area contributed by atoms with E-state index in [0.29, 0.717) is 17.1 Å². The minimum atomic E-state index is -1.02. The summed E-state index contributed by atoms with van der Waals surface area (Å²) in [5.41, 5.74) is 0.296. The third-order valence-electron chi connectivity index (χ3n) is 2.71. The fourth-order valence-electron chi connectivity index (χ4n) is 1.78. The number of carboxylic acids is 1. The van der Waals surface area contributed by atoms with Gasteiger partial charge in [-0.2, -0.15) is 0 Å². The van der Waals surface area contributed by atoms with E-state index < -0.39 is 5.97 Å². The molecule has 5 heteroatoms. The number of para-hydroxylation sites is 3. The molecule has 104 valence electrons. The average Bonchev–Trinajstić information content (AvgIpc) is 2.43. The maximum atomic E-state index is 10.7. The summed E-state index contributed by atoms with van der Waals surface area (Å²) in [5.74, 6) is -0.0443. The SMILES string of the molecule is COc1ccccc1Oc1cccc(CC(=O)O)c1O. The number of rotatable bonds is 5. The van der Waals surface area contributed by atoms with Crippen LogP contribution in [0.15, 0.2) is 42.5 Å². The summed E-state index contributed by atoms with van der Waals surface area (Å²) in [7, 11) is 1.52. The third-order valence-corrected chi connectivity index (χ3v) is 2.71. The average molecular weight is 274 g/mol. The van der Waals surface area contributed by atoms with Gasteiger partial charge in [0.2, 0.25) is 0 Å². The number of ether oxygens (including phenoxy) is 2. The van der Waals surface area contributed by atoms with Gasteiger partial charge in [0, 0.05) is 5.56 Å². The summed E-state index contributed by atoms with van der Waals surface area (Å²) >= 11 is 0. The first-order valence-electron chi connectivity index (χ1n) is 5.95. The van der Waals surface area contributed by atoms with Crippen LogP contribution in [0.3, 0.4) is 0 Å². The zero-order valence-electron chi connectivity index (χ0n) is 10.9. The highest BCUT2D eigenvalue weighted by molar-refractivity contribution is 5.72. The number of hydrogen-bond donors (Lipinski definition) is 2. The van der Waals surface area contributed by atoms with E-state index in [0.717, 1.165) is 0 Å². The summed E-state index contributed by atoms with van der Waals surface area (Å²) in [5, 5.41) is 18.8. The molecule has 0 aromatic heterocycles. The van der Waals surface area contributed by atoms with Crippen LogP contribution in [0.5, 0.6) is 23.0 Å². The Hall–Kier alpha value is -2.69. The first kappa shape index (κ1) is 13.7. The highest BCUT2D eigenvalue weighted by atomic mass is 16.5. The van der Waals surface area contributed by atoms with Gasteiger partial charge in [0.1, 0.15) is 0 Å². The molecule has 0 bridgehead atoms. The molecule has 2 rings (SSSR count). The standard InChI is InChI=1S/C15H14O5/c1-19-11-6-2-3-7-12(11)20-13-8-4-5-10(15(13)18)9-14(16)17/h2-8,18H,9H2,1H3,(H,16,17). The molecular formula is C15H14O5. The summed E-state index contributed by atoms with van der Waals surface area (Å²) in [6.07, 6.45) is -0.269. The number of hydrogen-bond acceptors (Lipinski definition) is 4. The molecular weight excluding hydrogens is 260 g/mol. The van der Waals surface area contributed by atoms with Crippen molar-refractivity contribution in [1.82, 2.24) is 0 Å². The molecule has 0 spiro atoms. The first-order chi connectivity index (χ1) is 9.61. The van der Waals surface area contributed by atoms with Crippen molar-refractivity contribution in [1.29, 1.82) is 0 Å². The molecule has 0 unspecified atom stereocenters. The highest BCUT2D eigenvalue weighted by Gasteiger charge is 2.13. The number of phenols is 1. The van der Waals surface area contributed by atoms with Crippen molar-refractivity contribution in [2.75, 3.05) is 7.11 Å². The largest absolute Gasteiger partial charge is 0.504 e. The Balaban J connectivity index is 2.32. The Morgan fingerprint density at radius 2 is 1.70 bits per heavy atom. The first-order valence-corrected chi connectivity index (χ1v) is 5.95. The minimum Gasteiger partial charge on any atom is -0.504 e. The molecule has 5 nitrogen and oxygen atoms in total. The second-order valence-corrected chi connectivity index (χ2v) is 4.09. The molecule has 2 aromatic rings. The van der Waals surface area contributed by atoms with Gasteiger partial charge in [-0.3, -0.25) is 4.79 Å². The van der Waals surface area contributed by atoms with Gasteiger partial charge in [-0.15, -0.1) is 0 Å². The number of carbonyl (C=O) groups is 1. The lowest BCUT2D eigenvalue weighted by molar-refractivity contribution is -0.136. The number of phenolic OH excluding ortho intramolecular Hbond substituents is 1. The number of aromatic hydroxyl groups is 1. The lowest BCUT2D eigenvalue weighted by atomic mass is 10.1. The van der Waals surface area contributed by atoms with Crippen molar-refractivity contribution in [2.45, 2.75) is 6.42 Å². The molecule has 0 saturated heterocycles. The van der Waals surface area contributed by atoms with Crippen LogP contribution in [0.25, 0.3) is 0 Å². The zero-order valence-corrected chi connectivity index (χ0v) is 10.9. The number of aliphatic carboxylic acids is 1. The van der Waals surface area contributed by atoms with Crippen molar-refractivity contribution in [2.24, 2.45) is 0 Å². The molecule has 20 heavy (non-hydrogen) atoms. The molecule has 0 radical (unpaired) electrons. The Morgan fingerprint density at radius 1 is 1.05 bits per heavy atom. The van der Waals surface area contributed by atoms with E-state index in [9.17, 15) is 9.90 Å². The summed E-state index contributed by atoms with van der Waals surface area (Å²) < 4.78 is 10.7. The normalized spacial score (nSPS) is 10.1. The van der Waals surface area contributed by atoms with Crippen molar-refractivity contribution in [3.05, 3.63) is 48.0 Å². The van der Waals surface area contributed by atoms with Gasteiger partial charge < -0.3 is 19.7 Å². The third kappa shape index (κ3) is 3.00. The quantitative estimate of drug-likeness (QED) is 0.876. The number of carboxylic acid groups (broad SMARTS) is 1. The summed E-state index contributed by atoms with van der Waals surface area (Å²) in [6.45, 7) is 0. The lowest BCUT2D eigenvalue weighted by Gasteiger charge is -2.12. The van der Waals surface area contributed by atoms with E-state index in [1.807, 2.05) is 0 Å². The second kappa shape index (κ2) is 5.97. The smallest absolute Gasteiger partial charge is 0.307 e. The van der Waals surface area contributed by atoms with E-state index in [1.54, 1.807) is 42.5 Å². The number of methoxy groups -OCH3 is 1. The fraction of sp³-hybridized carbons (Fsp3) is 0.133. The summed E-state index contributed by atoms with van der Waals surface area (Å²) in [6, 6.07) is 11.7. The van der Waals surface area contributed by atoms with Crippen molar-refractivity contribution < 1.29 is 24.5 Å². The molecule has 0 heterocycles. The Kier molecular flexibility index (Phi) is 4.10. The van der Waals surface area contributed by atoms with E-state index in [-0.39, 0.29) is 17.9 Å². The molecule has 0 aliphatic rings. The lowest BCUT2D eigenvalue weighted by Crippen LogP contribution is -2.00. The molecule has 0 atom stereocenters. The Morgan fingerprint density at radius 3 is 2.35 bits per heavy atom. The maximum Gasteiger partial charge on any atom is 0.307 e. The van der Waals surface area contributed by atoms with Crippen LogP contribution >= 0.6 is 0 Å². The topological polar surface area (TPSA) is 76.0 Å². The molecule has 0 amide bonds. The molecule has 0 aliphatic heterocycles. The van der Waals surface area contributed by atoms with Crippen LogP contribution in [-0.2, 0) is 11.2 Å². The van der Waals surface area contributed by atoms with Gasteiger partial charge in [0.05, 0.1) is 13.5 Å². The minimum absolute atomic E-state index is 0.180. The van der Waals surface area contributed by atoms with Gasteiger partial charge in [-0.05, 0) is 18.2 Å².